The van der Waals surface area contributed by atoms with Crippen molar-refractivity contribution in [3.05, 3.63) is 58.9 Å². The van der Waals surface area contributed by atoms with Crippen LogP contribution in [-0.2, 0) is 11.2 Å². The van der Waals surface area contributed by atoms with Crippen LogP contribution in [0.15, 0.2) is 41.9 Å². The van der Waals surface area contributed by atoms with Gasteiger partial charge in [-0.05, 0) is 12.5 Å². The number of carboxylic acids is 1. The molecule has 1 aromatic carbocycles. The zero-order valence-corrected chi connectivity index (χ0v) is 13.2. The van der Waals surface area contributed by atoms with Crippen molar-refractivity contribution in [2.75, 3.05) is 0 Å². The van der Waals surface area contributed by atoms with E-state index in [9.17, 15) is 14.7 Å². The first-order valence-corrected chi connectivity index (χ1v) is 7.93. The van der Waals surface area contributed by atoms with Crippen LogP contribution in [0.25, 0.3) is 4.96 Å². The van der Waals surface area contributed by atoms with Crippen molar-refractivity contribution in [2.24, 2.45) is 0 Å². The van der Waals surface area contributed by atoms with Gasteiger partial charge in [0.05, 0.1) is 6.20 Å². The first-order chi connectivity index (χ1) is 11.1. The standard InChI is InChI=1S/C16H15N3O3S/c1-10-9-23-16-17-8-13(19(10)16)14(20)18-12(15(21)22)7-11-5-3-2-4-6-11/h2-6,8-9,12H,7H2,1H3,(H,18,20)(H,21,22)/t12-/m1/s1. The van der Waals surface area contributed by atoms with E-state index >= 15 is 0 Å². The average molecular weight is 329 g/mol. The zero-order chi connectivity index (χ0) is 16.4. The fourth-order valence-corrected chi connectivity index (χ4v) is 3.23. The van der Waals surface area contributed by atoms with Crippen LogP contribution < -0.4 is 5.32 Å². The second kappa shape index (κ2) is 6.21. The van der Waals surface area contributed by atoms with Gasteiger partial charge in [0.15, 0.2) is 4.96 Å². The molecular weight excluding hydrogens is 314 g/mol. The number of rotatable bonds is 5. The zero-order valence-electron chi connectivity index (χ0n) is 12.4. The smallest absolute Gasteiger partial charge is 0.326 e. The number of aromatic nitrogens is 2. The minimum Gasteiger partial charge on any atom is -0.480 e. The molecule has 0 saturated carbocycles. The third kappa shape index (κ3) is 3.09. The van der Waals surface area contributed by atoms with Crippen LogP contribution in [0.5, 0.6) is 0 Å². The van der Waals surface area contributed by atoms with E-state index in [1.54, 1.807) is 4.40 Å². The molecule has 0 radical (unpaired) electrons. The summed E-state index contributed by atoms with van der Waals surface area (Å²) < 4.78 is 1.72. The van der Waals surface area contributed by atoms with Gasteiger partial charge in [-0.25, -0.2) is 9.78 Å². The van der Waals surface area contributed by atoms with Crippen molar-refractivity contribution >= 4 is 28.2 Å². The predicted molar refractivity (Wildman–Crippen MR) is 86.8 cm³/mol. The molecule has 0 aliphatic carbocycles. The van der Waals surface area contributed by atoms with Gasteiger partial charge in [-0.1, -0.05) is 30.3 Å². The van der Waals surface area contributed by atoms with Crippen LogP contribution in [0.3, 0.4) is 0 Å². The van der Waals surface area contributed by atoms with E-state index < -0.39 is 17.9 Å². The van der Waals surface area contributed by atoms with E-state index in [2.05, 4.69) is 10.3 Å². The lowest BCUT2D eigenvalue weighted by Gasteiger charge is -2.14. The number of amides is 1. The Balaban J connectivity index is 1.81. The highest BCUT2D eigenvalue weighted by atomic mass is 32.1. The average Bonchev–Trinajstić information content (AvgIpc) is 3.11. The molecule has 23 heavy (non-hydrogen) atoms. The molecule has 0 fully saturated rings. The number of imidazole rings is 1. The predicted octanol–water partition coefficient (Wildman–Crippen LogP) is 2.13. The normalized spacial score (nSPS) is 12.2. The number of thiazole rings is 1. The highest BCUT2D eigenvalue weighted by molar-refractivity contribution is 7.15. The molecule has 2 aromatic heterocycles. The SMILES string of the molecule is Cc1csc2ncc(C(=O)N[C@H](Cc3ccccc3)C(=O)O)n12. The van der Waals surface area contributed by atoms with Crippen molar-refractivity contribution in [3.63, 3.8) is 0 Å². The number of carbonyl (C=O) groups excluding carboxylic acids is 1. The molecule has 6 nitrogen and oxygen atoms in total. The van der Waals surface area contributed by atoms with E-state index in [-0.39, 0.29) is 6.42 Å². The van der Waals surface area contributed by atoms with Gasteiger partial charge >= 0.3 is 5.97 Å². The second-order valence-electron chi connectivity index (χ2n) is 5.19. The molecular formula is C16H15N3O3S. The molecule has 0 unspecified atom stereocenters. The van der Waals surface area contributed by atoms with Gasteiger partial charge in [0, 0.05) is 17.5 Å². The van der Waals surface area contributed by atoms with E-state index in [1.165, 1.54) is 17.5 Å². The van der Waals surface area contributed by atoms with Gasteiger partial charge in [0.25, 0.3) is 5.91 Å². The molecule has 0 aliphatic heterocycles. The van der Waals surface area contributed by atoms with E-state index in [0.717, 1.165) is 11.3 Å². The Morgan fingerprint density at radius 3 is 2.78 bits per heavy atom. The van der Waals surface area contributed by atoms with Crippen molar-refractivity contribution in [1.29, 1.82) is 0 Å². The van der Waals surface area contributed by atoms with Crippen LogP contribution >= 0.6 is 11.3 Å². The number of nitrogens with zero attached hydrogens (tertiary/aromatic N) is 2. The minimum absolute atomic E-state index is 0.229. The number of hydrogen-bond acceptors (Lipinski definition) is 4. The maximum atomic E-state index is 12.4. The van der Waals surface area contributed by atoms with Crippen molar-refractivity contribution < 1.29 is 14.7 Å². The lowest BCUT2D eigenvalue weighted by atomic mass is 10.1. The number of aryl methyl sites for hydroxylation is 1. The molecule has 0 spiro atoms. The Labute approximate surface area is 136 Å². The lowest BCUT2D eigenvalue weighted by molar-refractivity contribution is -0.139. The first-order valence-electron chi connectivity index (χ1n) is 7.05. The molecule has 0 bridgehead atoms. The van der Waals surface area contributed by atoms with Gasteiger partial charge in [-0.3, -0.25) is 9.20 Å². The minimum atomic E-state index is -1.06. The summed E-state index contributed by atoms with van der Waals surface area (Å²) in [4.78, 5) is 28.8. The number of fused-ring (bicyclic) bond motifs is 1. The molecule has 1 amide bonds. The molecule has 1 atom stereocenters. The topological polar surface area (TPSA) is 83.7 Å². The molecule has 3 aromatic rings. The maximum absolute atomic E-state index is 12.4. The Morgan fingerprint density at radius 1 is 1.35 bits per heavy atom. The van der Waals surface area contributed by atoms with Crippen molar-refractivity contribution in [1.82, 2.24) is 14.7 Å². The van der Waals surface area contributed by atoms with Crippen LogP contribution in [0.4, 0.5) is 0 Å². The van der Waals surface area contributed by atoms with E-state index in [4.69, 9.17) is 0 Å². The van der Waals surface area contributed by atoms with E-state index in [0.29, 0.717) is 10.7 Å². The van der Waals surface area contributed by atoms with Crippen LogP contribution in [0.1, 0.15) is 21.7 Å². The van der Waals surface area contributed by atoms with Crippen molar-refractivity contribution in [2.45, 2.75) is 19.4 Å². The quantitative estimate of drug-likeness (QED) is 0.751. The molecule has 7 heteroatoms. The molecule has 2 heterocycles. The molecule has 0 saturated heterocycles. The van der Waals surface area contributed by atoms with Crippen LogP contribution in [0, 0.1) is 6.92 Å². The lowest BCUT2D eigenvalue weighted by Crippen LogP contribution is -2.42. The molecule has 2 N–H and O–H groups in total. The van der Waals surface area contributed by atoms with Gasteiger partial charge in [-0.15, -0.1) is 11.3 Å². The number of hydrogen-bond donors (Lipinski definition) is 2. The van der Waals surface area contributed by atoms with Gasteiger partial charge in [-0.2, -0.15) is 0 Å². The summed E-state index contributed by atoms with van der Waals surface area (Å²) in [5.74, 6) is -1.51. The Morgan fingerprint density at radius 2 is 2.09 bits per heavy atom. The largest absolute Gasteiger partial charge is 0.480 e. The summed E-state index contributed by atoms with van der Waals surface area (Å²) in [6, 6.07) is 8.22. The fourth-order valence-electron chi connectivity index (χ4n) is 2.39. The Kier molecular flexibility index (Phi) is 4.12. The summed E-state index contributed by atoms with van der Waals surface area (Å²) >= 11 is 1.44. The number of aliphatic carboxylic acids is 1. The number of benzene rings is 1. The number of nitrogens with one attached hydrogen (secondary N) is 1. The third-order valence-corrected chi connectivity index (χ3v) is 4.49. The van der Waals surface area contributed by atoms with E-state index in [1.807, 2.05) is 42.6 Å². The number of carboxylic acid groups (broad SMARTS) is 1. The molecule has 0 aliphatic rings. The molecule has 3 rings (SSSR count). The van der Waals surface area contributed by atoms with Gasteiger partial charge in [0.1, 0.15) is 11.7 Å². The van der Waals surface area contributed by atoms with Crippen molar-refractivity contribution in [3.8, 4) is 0 Å². The Bertz CT molecular complexity index is 854. The second-order valence-corrected chi connectivity index (χ2v) is 6.03. The summed E-state index contributed by atoms with van der Waals surface area (Å²) in [5.41, 5.74) is 2.09. The third-order valence-electron chi connectivity index (χ3n) is 3.54. The van der Waals surface area contributed by atoms with Crippen LogP contribution in [-0.4, -0.2) is 32.4 Å². The molecule has 118 valence electrons. The summed E-state index contributed by atoms with van der Waals surface area (Å²) in [7, 11) is 0. The van der Waals surface area contributed by atoms with Crippen LogP contribution in [0.2, 0.25) is 0 Å². The monoisotopic (exact) mass is 329 g/mol. The summed E-state index contributed by atoms with van der Waals surface area (Å²) in [6.07, 6.45) is 1.70. The summed E-state index contributed by atoms with van der Waals surface area (Å²) in [5, 5.41) is 13.9. The first kappa shape index (κ1) is 15.2. The van der Waals surface area contributed by atoms with Gasteiger partial charge < -0.3 is 10.4 Å². The number of carbonyl (C=O) groups is 2. The highest BCUT2D eigenvalue weighted by Gasteiger charge is 2.23. The highest BCUT2D eigenvalue weighted by Crippen LogP contribution is 2.17. The Hall–Kier alpha value is -2.67. The summed E-state index contributed by atoms with van der Waals surface area (Å²) in [6.45, 7) is 1.88. The fraction of sp³-hybridized carbons (Fsp3) is 0.188. The van der Waals surface area contributed by atoms with Gasteiger partial charge in [0.2, 0.25) is 0 Å². The maximum Gasteiger partial charge on any atom is 0.326 e.